The Balaban J connectivity index is 1.70. The second-order valence-electron chi connectivity index (χ2n) is 4.54. The number of halogens is 2. The number of carbonyl (C=O) groups excluding carboxylic acids is 1. The third kappa shape index (κ3) is 4.76. The van der Waals surface area contributed by atoms with Crippen LogP contribution in [0.5, 0.6) is 0 Å². The summed E-state index contributed by atoms with van der Waals surface area (Å²) in [5.41, 5.74) is 0. The first-order valence-corrected chi connectivity index (χ1v) is 7.49. The molecule has 3 nitrogen and oxygen atoms in total. The van der Waals surface area contributed by atoms with Gasteiger partial charge in [-0.1, -0.05) is 0 Å². The van der Waals surface area contributed by atoms with E-state index in [0.29, 0.717) is 11.5 Å². The summed E-state index contributed by atoms with van der Waals surface area (Å²) in [5.74, 6) is -2.13. The van der Waals surface area contributed by atoms with E-state index in [-0.39, 0.29) is 24.4 Å². The molecular weight excluding hydrogens is 286 g/mol. The van der Waals surface area contributed by atoms with Crippen LogP contribution in [0.4, 0.5) is 8.78 Å². The fraction of sp³-hybridized carbons (Fsp3) is 0.500. The Labute approximate surface area is 120 Å². The molecule has 0 bridgehead atoms. The highest BCUT2D eigenvalue weighted by Gasteiger charge is 2.16. The molecule has 110 valence electrons. The summed E-state index contributed by atoms with van der Waals surface area (Å²) >= 11 is 1.12. The molecule has 2 rings (SSSR count). The molecule has 1 saturated heterocycles. The van der Waals surface area contributed by atoms with Gasteiger partial charge in [0, 0.05) is 11.5 Å². The fourth-order valence-corrected chi connectivity index (χ4v) is 2.59. The molecule has 0 aromatic heterocycles. The van der Waals surface area contributed by atoms with Crippen molar-refractivity contribution < 1.29 is 23.0 Å². The minimum atomic E-state index is -0.918. The SMILES string of the molecule is O=C(CSc1ccc(F)c(F)c1)OCC1CCCCO1. The molecule has 0 N–H and O–H groups in total. The Hall–Kier alpha value is -1.14. The molecule has 0 aliphatic carbocycles. The van der Waals surface area contributed by atoms with Crippen molar-refractivity contribution in [1.29, 1.82) is 0 Å². The monoisotopic (exact) mass is 302 g/mol. The minimum absolute atomic E-state index is 0.0130. The number of hydrogen-bond acceptors (Lipinski definition) is 4. The molecule has 20 heavy (non-hydrogen) atoms. The quantitative estimate of drug-likeness (QED) is 0.618. The van der Waals surface area contributed by atoms with E-state index in [2.05, 4.69) is 0 Å². The van der Waals surface area contributed by atoms with Gasteiger partial charge in [-0.2, -0.15) is 0 Å². The Morgan fingerprint density at radius 3 is 2.90 bits per heavy atom. The van der Waals surface area contributed by atoms with Crippen molar-refractivity contribution in [3.05, 3.63) is 29.8 Å². The number of thioether (sulfide) groups is 1. The number of hydrogen-bond donors (Lipinski definition) is 0. The third-order valence-electron chi connectivity index (χ3n) is 2.95. The normalized spacial score (nSPS) is 18.8. The standard InChI is InChI=1S/C14H16F2O3S/c15-12-5-4-11(7-13(12)16)20-9-14(17)19-8-10-3-1-2-6-18-10/h4-5,7,10H,1-3,6,8-9H2. The molecule has 0 spiro atoms. The molecule has 1 aromatic carbocycles. The summed E-state index contributed by atoms with van der Waals surface area (Å²) in [7, 11) is 0. The zero-order chi connectivity index (χ0) is 14.4. The van der Waals surface area contributed by atoms with Gasteiger partial charge in [-0.15, -0.1) is 11.8 Å². The van der Waals surface area contributed by atoms with Gasteiger partial charge in [-0.25, -0.2) is 8.78 Å². The molecule has 1 atom stereocenters. The van der Waals surface area contributed by atoms with Gasteiger partial charge in [0.1, 0.15) is 6.61 Å². The topological polar surface area (TPSA) is 35.5 Å². The Bertz CT molecular complexity index is 462. The van der Waals surface area contributed by atoms with Crippen LogP contribution in [-0.4, -0.2) is 31.0 Å². The number of esters is 1. The van der Waals surface area contributed by atoms with Crippen molar-refractivity contribution in [2.45, 2.75) is 30.3 Å². The van der Waals surface area contributed by atoms with Crippen LogP contribution >= 0.6 is 11.8 Å². The molecule has 0 saturated carbocycles. The highest BCUT2D eigenvalue weighted by Crippen LogP contribution is 2.20. The number of benzene rings is 1. The summed E-state index contributed by atoms with van der Waals surface area (Å²) in [5, 5.41) is 0. The Kier molecular flexibility index (Phi) is 5.79. The van der Waals surface area contributed by atoms with Gasteiger partial charge in [-0.05, 0) is 37.5 Å². The molecule has 6 heteroatoms. The molecule has 1 aliphatic heterocycles. The number of carbonyl (C=O) groups is 1. The van der Waals surface area contributed by atoms with E-state index in [9.17, 15) is 13.6 Å². The maximum Gasteiger partial charge on any atom is 0.316 e. The molecule has 1 aliphatic rings. The molecule has 0 radical (unpaired) electrons. The van der Waals surface area contributed by atoms with Crippen LogP contribution in [0.1, 0.15) is 19.3 Å². The van der Waals surface area contributed by atoms with Crippen LogP contribution in [0.25, 0.3) is 0 Å². The zero-order valence-corrected chi connectivity index (χ0v) is 11.8. The van der Waals surface area contributed by atoms with Crippen molar-refractivity contribution in [1.82, 2.24) is 0 Å². The molecule has 1 fully saturated rings. The largest absolute Gasteiger partial charge is 0.462 e. The van der Waals surface area contributed by atoms with Gasteiger partial charge >= 0.3 is 5.97 Å². The number of rotatable bonds is 5. The van der Waals surface area contributed by atoms with E-state index in [1.165, 1.54) is 6.07 Å². The van der Waals surface area contributed by atoms with Crippen LogP contribution in [0.2, 0.25) is 0 Å². The summed E-state index contributed by atoms with van der Waals surface area (Å²) in [6.07, 6.45) is 3.03. The summed E-state index contributed by atoms with van der Waals surface area (Å²) < 4.78 is 36.3. The summed E-state index contributed by atoms with van der Waals surface area (Å²) in [6, 6.07) is 3.54. The Morgan fingerprint density at radius 2 is 2.20 bits per heavy atom. The van der Waals surface area contributed by atoms with Gasteiger partial charge in [-0.3, -0.25) is 4.79 Å². The lowest BCUT2D eigenvalue weighted by atomic mass is 10.1. The van der Waals surface area contributed by atoms with Crippen LogP contribution in [-0.2, 0) is 14.3 Å². The average molecular weight is 302 g/mol. The van der Waals surface area contributed by atoms with Crippen molar-refractivity contribution in [2.24, 2.45) is 0 Å². The lowest BCUT2D eigenvalue weighted by Gasteiger charge is -2.21. The van der Waals surface area contributed by atoms with Gasteiger partial charge in [0.2, 0.25) is 0 Å². The van der Waals surface area contributed by atoms with Crippen molar-refractivity contribution in [3.8, 4) is 0 Å². The lowest BCUT2D eigenvalue weighted by molar-refractivity contribution is -0.145. The van der Waals surface area contributed by atoms with Crippen LogP contribution in [0.3, 0.4) is 0 Å². The van der Waals surface area contributed by atoms with Gasteiger partial charge in [0.05, 0.1) is 11.9 Å². The molecule has 1 unspecified atom stereocenters. The highest BCUT2D eigenvalue weighted by atomic mass is 32.2. The summed E-state index contributed by atoms with van der Waals surface area (Å²) in [4.78, 5) is 12.0. The molecule has 0 amide bonds. The molecule has 1 heterocycles. The first-order chi connectivity index (χ1) is 9.65. The predicted octanol–water partition coefficient (Wildman–Crippen LogP) is 3.17. The van der Waals surface area contributed by atoms with E-state index in [4.69, 9.17) is 9.47 Å². The predicted molar refractivity (Wildman–Crippen MR) is 71.6 cm³/mol. The van der Waals surface area contributed by atoms with Crippen molar-refractivity contribution in [2.75, 3.05) is 19.0 Å². The van der Waals surface area contributed by atoms with Gasteiger partial charge in [0.15, 0.2) is 11.6 Å². The van der Waals surface area contributed by atoms with Crippen molar-refractivity contribution in [3.63, 3.8) is 0 Å². The van der Waals surface area contributed by atoms with Crippen LogP contribution < -0.4 is 0 Å². The van der Waals surface area contributed by atoms with Crippen molar-refractivity contribution >= 4 is 17.7 Å². The summed E-state index contributed by atoms with van der Waals surface area (Å²) in [6.45, 7) is 0.975. The first-order valence-electron chi connectivity index (χ1n) is 6.50. The van der Waals surface area contributed by atoms with Crippen LogP contribution in [0, 0.1) is 11.6 Å². The Morgan fingerprint density at radius 1 is 1.35 bits per heavy atom. The second kappa shape index (κ2) is 7.59. The lowest BCUT2D eigenvalue weighted by Crippen LogP contribution is -2.26. The van der Waals surface area contributed by atoms with E-state index < -0.39 is 11.6 Å². The number of ether oxygens (including phenoxy) is 2. The second-order valence-corrected chi connectivity index (χ2v) is 5.58. The first kappa shape index (κ1) is 15.3. The van der Waals surface area contributed by atoms with Gasteiger partial charge in [0.25, 0.3) is 0 Å². The van der Waals surface area contributed by atoms with Gasteiger partial charge < -0.3 is 9.47 Å². The van der Waals surface area contributed by atoms with E-state index >= 15 is 0 Å². The maximum atomic E-state index is 13.0. The van der Waals surface area contributed by atoms with E-state index in [1.807, 2.05) is 0 Å². The third-order valence-corrected chi connectivity index (χ3v) is 3.92. The highest BCUT2D eigenvalue weighted by molar-refractivity contribution is 8.00. The van der Waals surface area contributed by atoms with E-state index in [0.717, 1.165) is 43.2 Å². The maximum absolute atomic E-state index is 13.0. The molecular formula is C14H16F2O3S. The fourth-order valence-electron chi connectivity index (χ4n) is 1.88. The minimum Gasteiger partial charge on any atom is -0.462 e. The zero-order valence-electron chi connectivity index (χ0n) is 10.9. The van der Waals surface area contributed by atoms with E-state index in [1.54, 1.807) is 0 Å². The average Bonchev–Trinajstić information content (AvgIpc) is 2.47. The molecule has 1 aromatic rings. The smallest absolute Gasteiger partial charge is 0.316 e. The van der Waals surface area contributed by atoms with Crippen LogP contribution in [0.15, 0.2) is 23.1 Å².